The van der Waals surface area contributed by atoms with Crippen molar-refractivity contribution in [2.75, 3.05) is 32.8 Å². The summed E-state index contributed by atoms with van der Waals surface area (Å²) in [6.45, 7) is 3.18. The maximum atomic E-state index is 12.0. The zero-order valence-corrected chi connectivity index (χ0v) is 10.8. The summed E-state index contributed by atoms with van der Waals surface area (Å²) < 4.78 is 10.9. The molecule has 2 N–H and O–H groups in total. The van der Waals surface area contributed by atoms with Crippen LogP contribution in [-0.4, -0.2) is 55.9 Å². The number of rotatable bonds is 3. The first kappa shape index (κ1) is 14.7. The predicted octanol–water partition coefficient (Wildman–Crippen LogP) is 0.163. The maximum absolute atomic E-state index is 12.0. The van der Waals surface area contributed by atoms with Crippen molar-refractivity contribution in [2.45, 2.75) is 31.5 Å². The first-order valence-corrected chi connectivity index (χ1v) is 6.00. The third-order valence-electron chi connectivity index (χ3n) is 3.18. The van der Waals surface area contributed by atoms with E-state index in [9.17, 15) is 4.79 Å². The van der Waals surface area contributed by atoms with Crippen LogP contribution >= 0.6 is 12.4 Å². The second-order valence-electron chi connectivity index (χ2n) is 4.41. The Kier molecular flexibility index (Phi) is 6.19. The third kappa shape index (κ3) is 4.10. The molecule has 0 aromatic carbocycles. The van der Waals surface area contributed by atoms with Gasteiger partial charge in [-0.25, -0.2) is 0 Å². The molecule has 2 saturated heterocycles. The molecular formula is C11H21ClN2O3. The van der Waals surface area contributed by atoms with Gasteiger partial charge in [0, 0.05) is 26.2 Å². The first-order chi connectivity index (χ1) is 7.79. The van der Waals surface area contributed by atoms with E-state index in [2.05, 4.69) is 0 Å². The highest BCUT2D eigenvalue weighted by Crippen LogP contribution is 2.17. The van der Waals surface area contributed by atoms with E-state index in [1.54, 1.807) is 0 Å². The van der Waals surface area contributed by atoms with E-state index in [0.717, 1.165) is 19.4 Å². The Bertz CT molecular complexity index is 247. The molecule has 2 heterocycles. The van der Waals surface area contributed by atoms with Crippen molar-refractivity contribution in [3.05, 3.63) is 0 Å². The third-order valence-corrected chi connectivity index (χ3v) is 3.18. The van der Waals surface area contributed by atoms with E-state index in [0.29, 0.717) is 32.7 Å². The minimum absolute atomic E-state index is 0. The second-order valence-corrected chi connectivity index (χ2v) is 4.41. The highest BCUT2D eigenvalue weighted by Gasteiger charge is 2.26. The number of halogens is 1. The summed E-state index contributed by atoms with van der Waals surface area (Å²) in [6.07, 6.45) is 2.73. The quantitative estimate of drug-likeness (QED) is 0.789. The molecule has 100 valence electrons. The molecule has 0 aliphatic carbocycles. The van der Waals surface area contributed by atoms with Crippen LogP contribution in [0.25, 0.3) is 0 Å². The molecule has 0 radical (unpaired) electrons. The zero-order valence-electron chi connectivity index (χ0n) is 9.97. The highest BCUT2D eigenvalue weighted by molar-refractivity contribution is 5.85. The Morgan fingerprint density at radius 1 is 1.29 bits per heavy atom. The largest absolute Gasteiger partial charge is 0.378 e. The molecule has 1 amide bonds. The molecule has 2 aliphatic rings. The van der Waals surface area contributed by atoms with Gasteiger partial charge in [-0.1, -0.05) is 0 Å². The van der Waals surface area contributed by atoms with Gasteiger partial charge in [0.1, 0.15) is 0 Å². The van der Waals surface area contributed by atoms with Crippen LogP contribution in [0.2, 0.25) is 0 Å². The van der Waals surface area contributed by atoms with Crippen LogP contribution in [-0.2, 0) is 14.3 Å². The van der Waals surface area contributed by atoms with Gasteiger partial charge in [0.15, 0.2) is 0 Å². The lowest BCUT2D eigenvalue weighted by atomic mass is 10.1. The van der Waals surface area contributed by atoms with Crippen LogP contribution < -0.4 is 5.73 Å². The van der Waals surface area contributed by atoms with Gasteiger partial charge in [-0.05, 0) is 12.8 Å². The van der Waals surface area contributed by atoms with Gasteiger partial charge in [0.2, 0.25) is 5.91 Å². The fourth-order valence-corrected chi connectivity index (χ4v) is 2.22. The van der Waals surface area contributed by atoms with E-state index in [1.165, 1.54) is 0 Å². The predicted molar refractivity (Wildman–Crippen MR) is 66.2 cm³/mol. The average Bonchev–Trinajstić information content (AvgIpc) is 2.82. The molecular weight excluding hydrogens is 244 g/mol. The Hall–Kier alpha value is -0.360. The van der Waals surface area contributed by atoms with Gasteiger partial charge in [-0.15, -0.1) is 12.4 Å². The van der Waals surface area contributed by atoms with Crippen molar-refractivity contribution in [3.63, 3.8) is 0 Å². The average molecular weight is 265 g/mol. The molecule has 2 atom stereocenters. The van der Waals surface area contributed by atoms with E-state index in [1.807, 2.05) is 4.90 Å². The van der Waals surface area contributed by atoms with Gasteiger partial charge < -0.3 is 20.1 Å². The highest BCUT2D eigenvalue weighted by atomic mass is 35.5. The van der Waals surface area contributed by atoms with E-state index in [-0.39, 0.29) is 30.5 Å². The van der Waals surface area contributed by atoms with Crippen LogP contribution in [0.1, 0.15) is 19.3 Å². The molecule has 2 unspecified atom stereocenters. The smallest absolute Gasteiger partial charge is 0.225 e. The van der Waals surface area contributed by atoms with Gasteiger partial charge >= 0.3 is 0 Å². The van der Waals surface area contributed by atoms with E-state index >= 15 is 0 Å². The summed E-state index contributed by atoms with van der Waals surface area (Å²) >= 11 is 0. The van der Waals surface area contributed by atoms with Gasteiger partial charge in [-0.3, -0.25) is 4.79 Å². The summed E-state index contributed by atoms with van der Waals surface area (Å²) in [5.74, 6) is 0.175. The first-order valence-electron chi connectivity index (χ1n) is 6.00. The fraction of sp³-hybridized carbons (Fsp3) is 0.909. The molecule has 5 nitrogen and oxygen atoms in total. The lowest BCUT2D eigenvalue weighted by Gasteiger charge is -2.32. The standard InChI is InChI=1S/C11H20N2O3.ClH/c12-7-10-8-13(3-5-16-10)11(14)6-9-2-1-4-15-9;/h9-10H,1-8,12H2;1H. The van der Waals surface area contributed by atoms with E-state index < -0.39 is 0 Å². The van der Waals surface area contributed by atoms with Crippen LogP contribution in [0.4, 0.5) is 0 Å². The number of carbonyl (C=O) groups excluding carboxylic acids is 1. The van der Waals surface area contributed by atoms with Gasteiger partial charge in [0.25, 0.3) is 0 Å². The number of ether oxygens (including phenoxy) is 2. The van der Waals surface area contributed by atoms with Crippen molar-refractivity contribution in [1.29, 1.82) is 0 Å². The Morgan fingerprint density at radius 3 is 2.71 bits per heavy atom. The molecule has 0 aromatic rings. The van der Waals surface area contributed by atoms with Crippen molar-refractivity contribution in [2.24, 2.45) is 5.73 Å². The number of hydrogen-bond acceptors (Lipinski definition) is 4. The van der Waals surface area contributed by atoms with Gasteiger partial charge in [0.05, 0.1) is 25.2 Å². The molecule has 2 aliphatic heterocycles. The fourth-order valence-electron chi connectivity index (χ4n) is 2.22. The Balaban J connectivity index is 0.00000144. The minimum atomic E-state index is 0. The zero-order chi connectivity index (χ0) is 11.4. The van der Waals surface area contributed by atoms with Crippen molar-refractivity contribution in [1.82, 2.24) is 4.90 Å². The topological polar surface area (TPSA) is 64.8 Å². The molecule has 2 fully saturated rings. The normalized spacial score (nSPS) is 28.9. The monoisotopic (exact) mass is 264 g/mol. The number of nitrogens with two attached hydrogens (primary N) is 1. The van der Waals surface area contributed by atoms with Gasteiger partial charge in [-0.2, -0.15) is 0 Å². The molecule has 6 heteroatoms. The molecule has 17 heavy (non-hydrogen) atoms. The number of amides is 1. The Morgan fingerprint density at radius 2 is 2.06 bits per heavy atom. The van der Waals surface area contributed by atoms with Crippen molar-refractivity contribution < 1.29 is 14.3 Å². The summed E-state index contributed by atoms with van der Waals surface area (Å²) in [6, 6.07) is 0. The lowest BCUT2D eigenvalue weighted by Crippen LogP contribution is -2.48. The van der Waals surface area contributed by atoms with Crippen molar-refractivity contribution >= 4 is 18.3 Å². The number of hydrogen-bond donors (Lipinski definition) is 1. The van der Waals surface area contributed by atoms with Crippen molar-refractivity contribution in [3.8, 4) is 0 Å². The molecule has 2 rings (SSSR count). The molecule has 0 spiro atoms. The number of nitrogens with zero attached hydrogens (tertiary/aromatic N) is 1. The number of morpholine rings is 1. The lowest BCUT2D eigenvalue weighted by molar-refractivity contribution is -0.140. The molecule has 0 bridgehead atoms. The number of carbonyl (C=O) groups is 1. The van der Waals surface area contributed by atoms with Crippen LogP contribution in [0.5, 0.6) is 0 Å². The minimum Gasteiger partial charge on any atom is -0.378 e. The van der Waals surface area contributed by atoms with Crippen LogP contribution in [0.15, 0.2) is 0 Å². The summed E-state index contributed by atoms with van der Waals surface area (Å²) in [7, 11) is 0. The summed E-state index contributed by atoms with van der Waals surface area (Å²) in [4.78, 5) is 13.8. The SMILES string of the molecule is Cl.NCC1CN(C(=O)CC2CCCO2)CCO1. The summed E-state index contributed by atoms with van der Waals surface area (Å²) in [5.41, 5.74) is 5.54. The molecule has 0 saturated carbocycles. The second kappa shape index (κ2) is 7.16. The summed E-state index contributed by atoms with van der Waals surface area (Å²) in [5, 5.41) is 0. The van der Waals surface area contributed by atoms with E-state index in [4.69, 9.17) is 15.2 Å². The van der Waals surface area contributed by atoms with Crippen LogP contribution in [0.3, 0.4) is 0 Å². The molecule has 0 aromatic heterocycles. The van der Waals surface area contributed by atoms with Crippen LogP contribution in [0, 0.1) is 0 Å². The maximum Gasteiger partial charge on any atom is 0.225 e. The Labute approximate surface area is 108 Å².